The topological polar surface area (TPSA) is 34.1 Å². The molecular formula is C16H22N2OS. The van der Waals surface area contributed by atoms with Crippen LogP contribution in [0.2, 0.25) is 0 Å². The first kappa shape index (κ1) is 15.0. The van der Waals surface area contributed by atoms with Gasteiger partial charge in [-0.25, -0.2) is 0 Å². The van der Waals surface area contributed by atoms with Crippen LogP contribution in [0.15, 0.2) is 29.9 Å². The van der Waals surface area contributed by atoms with Crippen molar-refractivity contribution in [3.63, 3.8) is 0 Å². The first-order valence-corrected chi connectivity index (χ1v) is 7.92. The van der Waals surface area contributed by atoms with Crippen molar-refractivity contribution in [2.45, 2.75) is 39.8 Å². The van der Waals surface area contributed by atoms with Crippen molar-refractivity contribution in [2.24, 2.45) is 0 Å². The van der Waals surface area contributed by atoms with E-state index < -0.39 is 0 Å². The number of nitrogens with zero attached hydrogens (tertiary/aromatic N) is 1. The van der Waals surface area contributed by atoms with Gasteiger partial charge >= 0.3 is 0 Å². The second kappa shape index (κ2) is 7.41. The molecule has 0 radical (unpaired) electrons. The Labute approximate surface area is 125 Å². The van der Waals surface area contributed by atoms with Gasteiger partial charge in [0.25, 0.3) is 0 Å². The summed E-state index contributed by atoms with van der Waals surface area (Å²) in [6, 6.07) is 6.71. The highest BCUT2D eigenvalue weighted by molar-refractivity contribution is 7.09. The van der Waals surface area contributed by atoms with Crippen LogP contribution in [-0.2, 0) is 6.61 Å². The fourth-order valence-electron chi connectivity index (χ4n) is 2.06. The van der Waals surface area contributed by atoms with Crippen molar-refractivity contribution >= 4 is 11.3 Å². The van der Waals surface area contributed by atoms with E-state index in [2.05, 4.69) is 49.3 Å². The SMILES string of the molecule is CCCNC(C)c1ccc(C)cc1OCc1cncs1. The highest BCUT2D eigenvalue weighted by atomic mass is 32.1. The molecule has 0 aliphatic rings. The first-order chi connectivity index (χ1) is 9.70. The van der Waals surface area contributed by atoms with Crippen LogP contribution in [0.1, 0.15) is 42.3 Å². The summed E-state index contributed by atoms with van der Waals surface area (Å²) in [7, 11) is 0. The van der Waals surface area contributed by atoms with Crippen LogP contribution in [-0.4, -0.2) is 11.5 Å². The lowest BCUT2D eigenvalue weighted by Gasteiger charge is -2.18. The van der Waals surface area contributed by atoms with Crippen LogP contribution in [0.25, 0.3) is 0 Å². The normalized spacial score (nSPS) is 12.3. The fourth-order valence-corrected chi connectivity index (χ4v) is 2.56. The number of hydrogen-bond acceptors (Lipinski definition) is 4. The fraction of sp³-hybridized carbons (Fsp3) is 0.438. The number of aryl methyl sites for hydroxylation is 1. The number of nitrogens with one attached hydrogen (secondary N) is 1. The lowest BCUT2D eigenvalue weighted by atomic mass is 10.0. The summed E-state index contributed by atoms with van der Waals surface area (Å²) in [5.41, 5.74) is 4.27. The molecule has 0 spiro atoms. The van der Waals surface area contributed by atoms with Crippen LogP contribution in [0, 0.1) is 6.92 Å². The van der Waals surface area contributed by atoms with Gasteiger partial charge in [-0.15, -0.1) is 11.3 Å². The van der Waals surface area contributed by atoms with Gasteiger partial charge in [0.05, 0.1) is 10.4 Å². The van der Waals surface area contributed by atoms with E-state index in [0.717, 1.165) is 23.6 Å². The van der Waals surface area contributed by atoms with Crippen molar-refractivity contribution in [2.75, 3.05) is 6.54 Å². The van der Waals surface area contributed by atoms with E-state index in [1.54, 1.807) is 11.3 Å². The largest absolute Gasteiger partial charge is 0.488 e. The Hall–Kier alpha value is -1.39. The number of thiazole rings is 1. The molecule has 0 bridgehead atoms. The number of aromatic nitrogens is 1. The van der Waals surface area contributed by atoms with Gasteiger partial charge in [0.15, 0.2) is 0 Å². The Balaban J connectivity index is 2.10. The van der Waals surface area contributed by atoms with Crippen LogP contribution < -0.4 is 10.1 Å². The summed E-state index contributed by atoms with van der Waals surface area (Å²) in [6.07, 6.45) is 2.99. The molecular weight excluding hydrogens is 268 g/mol. The average Bonchev–Trinajstić information content (AvgIpc) is 2.96. The summed E-state index contributed by atoms with van der Waals surface area (Å²) >= 11 is 1.62. The van der Waals surface area contributed by atoms with Gasteiger partial charge in [-0.2, -0.15) is 0 Å². The molecule has 1 aromatic heterocycles. The Morgan fingerprint density at radius 3 is 2.95 bits per heavy atom. The minimum atomic E-state index is 0.298. The number of ether oxygens (including phenoxy) is 1. The summed E-state index contributed by atoms with van der Waals surface area (Å²) in [5.74, 6) is 0.967. The maximum absolute atomic E-state index is 5.99. The average molecular weight is 290 g/mol. The van der Waals surface area contributed by atoms with E-state index in [0.29, 0.717) is 12.6 Å². The van der Waals surface area contributed by atoms with Crippen LogP contribution >= 0.6 is 11.3 Å². The lowest BCUT2D eigenvalue weighted by Crippen LogP contribution is -2.20. The molecule has 0 aliphatic heterocycles. The van der Waals surface area contributed by atoms with Crippen LogP contribution in [0.4, 0.5) is 0 Å². The van der Waals surface area contributed by atoms with E-state index in [-0.39, 0.29) is 0 Å². The van der Waals surface area contributed by atoms with E-state index in [9.17, 15) is 0 Å². The van der Waals surface area contributed by atoms with Crippen molar-refractivity contribution < 1.29 is 4.74 Å². The quantitative estimate of drug-likeness (QED) is 0.834. The standard InChI is InChI=1S/C16H22N2OS/c1-4-7-18-13(3)15-6-5-12(2)8-16(15)19-10-14-9-17-11-20-14/h5-6,8-9,11,13,18H,4,7,10H2,1-3H3. The van der Waals surface area contributed by atoms with Crippen molar-refractivity contribution in [1.82, 2.24) is 10.3 Å². The third-order valence-corrected chi connectivity index (χ3v) is 3.94. The molecule has 1 heterocycles. The van der Waals surface area contributed by atoms with Crippen molar-refractivity contribution in [1.29, 1.82) is 0 Å². The van der Waals surface area contributed by atoms with Gasteiger partial charge in [0.1, 0.15) is 12.4 Å². The maximum Gasteiger partial charge on any atom is 0.124 e. The summed E-state index contributed by atoms with van der Waals surface area (Å²) in [4.78, 5) is 5.22. The minimum absolute atomic E-state index is 0.298. The lowest BCUT2D eigenvalue weighted by molar-refractivity contribution is 0.302. The predicted octanol–water partition coefficient (Wildman–Crippen LogP) is 4.09. The molecule has 0 amide bonds. The number of hydrogen-bond donors (Lipinski definition) is 1. The van der Waals surface area contributed by atoms with Crippen molar-refractivity contribution in [3.05, 3.63) is 45.9 Å². The second-order valence-corrected chi connectivity index (χ2v) is 5.94. The van der Waals surface area contributed by atoms with Crippen LogP contribution in [0.5, 0.6) is 5.75 Å². The Morgan fingerprint density at radius 1 is 1.40 bits per heavy atom. The van der Waals surface area contributed by atoms with E-state index >= 15 is 0 Å². The van der Waals surface area contributed by atoms with E-state index in [1.165, 1.54) is 11.1 Å². The molecule has 3 nitrogen and oxygen atoms in total. The Kier molecular flexibility index (Phi) is 5.56. The van der Waals surface area contributed by atoms with Gasteiger partial charge in [-0.3, -0.25) is 4.98 Å². The van der Waals surface area contributed by atoms with Crippen LogP contribution in [0.3, 0.4) is 0 Å². The van der Waals surface area contributed by atoms with Gasteiger partial charge in [-0.1, -0.05) is 19.1 Å². The molecule has 1 unspecified atom stereocenters. The maximum atomic E-state index is 5.99. The molecule has 1 N–H and O–H groups in total. The third-order valence-electron chi connectivity index (χ3n) is 3.19. The Morgan fingerprint density at radius 2 is 2.25 bits per heavy atom. The van der Waals surface area contributed by atoms with E-state index in [1.807, 2.05) is 11.7 Å². The second-order valence-electron chi connectivity index (χ2n) is 4.97. The summed E-state index contributed by atoms with van der Waals surface area (Å²) in [5, 5.41) is 3.51. The molecule has 1 atom stereocenters. The monoisotopic (exact) mass is 290 g/mol. The summed E-state index contributed by atoms with van der Waals surface area (Å²) in [6.45, 7) is 8.05. The zero-order chi connectivity index (χ0) is 14.4. The predicted molar refractivity (Wildman–Crippen MR) is 84.3 cm³/mol. The van der Waals surface area contributed by atoms with Gasteiger partial charge in [-0.05, 0) is 38.4 Å². The molecule has 2 aromatic rings. The minimum Gasteiger partial charge on any atom is -0.488 e. The zero-order valence-corrected chi connectivity index (χ0v) is 13.2. The highest BCUT2D eigenvalue weighted by Gasteiger charge is 2.11. The molecule has 2 rings (SSSR count). The molecule has 0 saturated heterocycles. The zero-order valence-electron chi connectivity index (χ0n) is 12.3. The first-order valence-electron chi connectivity index (χ1n) is 7.04. The highest BCUT2D eigenvalue weighted by Crippen LogP contribution is 2.27. The molecule has 0 aliphatic carbocycles. The molecule has 108 valence electrons. The van der Waals surface area contributed by atoms with E-state index in [4.69, 9.17) is 4.74 Å². The van der Waals surface area contributed by atoms with Gasteiger partial charge in [0, 0.05) is 17.8 Å². The number of rotatable bonds is 7. The Bertz CT molecular complexity index is 525. The van der Waals surface area contributed by atoms with Gasteiger partial charge < -0.3 is 10.1 Å². The molecule has 4 heteroatoms. The molecule has 1 aromatic carbocycles. The molecule has 0 fully saturated rings. The molecule has 0 saturated carbocycles. The smallest absolute Gasteiger partial charge is 0.124 e. The summed E-state index contributed by atoms with van der Waals surface area (Å²) < 4.78 is 5.99. The number of benzene rings is 1. The van der Waals surface area contributed by atoms with Gasteiger partial charge in [0.2, 0.25) is 0 Å². The van der Waals surface area contributed by atoms with Crippen molar-refractivity contribution in [3.8, 4) is 5.75 Å². The molecule has 20 heavy (non-hydrogen) atoms. The third kappa shape index (κ3) is 4.05.